The molecule has 2 heterocycles. The third-order valence-corrected chi connectivity index (χ3v) is 4.80. The Morgan fingerprint density at radius 2 is 2.08 bits per heavy atom. The van der Waals surface area contributed by atoms with Gasteiger partial charge in [-0.05, 0) is 43.6 Å². The second-order valence-corrected chi connectivity index (χ2v) is 6.98. The lowest BCUT2D eigenvalue weighted by Gasteiger charge is -2.26. The van der Waals surface area contributed by atoms with Gasteiger partial charge in [-0.1, -0.05) is 18.6 Å². The van der Waals surface area contributed by atoms with Gasteiger partial charge in [-0.2, -0.15) is 0 Å². The fourth-order valence-corrected chi connectivity index (χ4v) is 3.48. The van der Waals surface area contributed by atoms with Crippen molar-refractivity contribution < 1.29 is 9.29 Å². The van der Waals surface area contributed by atoms with E-state index in [1.807, 2.05) is 12.1 Å². The molecule has 1 unspecified atom stereocenters. The third-order valence-electron chi connectivity index (χ3n) is 4.13. The molecule has 1 atom stereocenters. The molecule has 1 aromatic carbocycles. The number of aromatic nitrogens is 2. The van der Waals surface area contributed by atoms with Crippen LogP contribution < -0.4 is 15.8 Å². The van der Waals surface area contributed by atoms with Gasteiger partial charge in [-0.3, -0.25) is 16.0 Å². The van der Waals surface area contributed by atoms with Crippen LogP contribution in [0.1, 0.15) is 31.2 Å². The van der Waals surface area contributed by atoms with Crippen molar-refractivity contribution in [1.82, 2.24) is 24.7 Å². The van der Waals surface area contributed by atoms with E-state index >= 15 is 0 Å². The van der Waals surface area contributed by atoms with Gasteiger partial charge in [0.15, 0.2) is 11.1 Å². The van der Waals surface area contributed by atoms with Crippen molar-refractivity contribution in [3.05, 3.63) is 29.8 Å². The zero-order valence-electron chi connectivity index (χ0n) is 14.2. The summed E-state index contributed by atoms with van der Waals surface area (Å²) in [5.74, 6) is 0.933. The fraction of sp³-hybridized carbons (Fsp3) is 0.529. The maximum absolute atomic E-state index is 11.0. The molecule has 1 aliphatic rings. The monoisotopic (exact) mass is 361 g/mol. The first-order chi connectivity index (χ1) is 12.2. The molecule has 0 amide bonds. The molecule has 1 N–H and O–H groups in total. The summed E-state index contributed by atoms with van der Waals surface area (Å²) in [6, 6.07) is 8.24. The standard InChI is InChI=1S/C17H23N5O2S/c18-16-17(21-25(23)20-16)19-8-5-11-24-15-7-4-6-14(12-15)13-22-9-2-1-3-10-22/h4,6-7,12,18H,1-3,5,8-11,13H2. The third kappa shape index (κ3) is 5.55. The molecule has 8 heteroatoms. The normalized spacial score (nSPS) is 16.0. The summed E-state index contributed by atoms with van der Waals surface area (Å²) in [6.45, 7) is 4.36. The van der Waals surface area contributed by atoms with Crippen molar-refractivity contribution in [3.63, 3.8) is 0 Å². The molecule has 134 valence electrons. The van der Waals surface area contributed by atoms with Gasteiger partial charge in [0.05, 0.1) is 6.61 Å². The molecule has 2 aromatic rings. The Morgan fingerprint density at radius 3 is 2.84 bits per heavy atom. The number of hydrogen-bond donors (Lipinski definition) is 0. The van der Waals surface area contributed by atoms with Gasteiger partial charge in [-0.15, -0.1) is 0 Å². The summed E-state index contributed by atoms with van der Waals surface area (Å²) in [7, 11) is 0. The molecular formula is C17H23N5O2S. The minimum absolute atomic E-state index is 0.107. The second kappa shape index (κ2) is 8.98. The maximum atomic E-state index is 11.0. The first kappa shape index (κ1) is 17.9. The Labute approximate surface area is 151 Å². The van der Waals surface area contributed by atoms with Crippen molar-refractivity contribution in [2.45, 2.75) is 32.2 Å². The number of hydrogen-bond acceptors (Lipinski definition) is 5. The van der Waals surface area contributed by atoms with Crippen molar-refractivity contribution in [2.75, 3.05) is 26.2 Å². The highest BCUT2D eigenvalue weighted by Gasteiger charge is 2.13. The summed E-state index contributed by atoms with van der Waals surface area (Å²) in [4.78, 5) is 2.49. The average molecular weight is 361 g/mol. The molecule has 0 spiro atoms. The van der Waals surface area contributed by atoms with E-state index in [4.69, 9.17) is 10.5 Å². The van der Waals surface area contributed by atoms with E-state index in [1.165, 1.54) is 37.9 Å². The molecule has 3 rings (SSSR count). The van der Waals surface area contributed by atoms with Crippen molar-refractivity contribution >= 4 is 22.8 Å². The minimum atomic E-state index is -1.67. The van der Waals surface area contributed by atoms with Gasteiger partial charge >= 0.3 is 0 Å². The summed E-state index contributed by atoms with van der Waals surface area (Å²) in [5, 5.41) is 4.13. The molecule has 0 bridgehead atoms. The largest absolute Gasteiger partial charge is 0.546 e. The summed E-state index contributed by atoms with van der Waals surface area (Å²) in [5.41, 5.74) is 8.74. The smallest absolute Gasteiger partial charge is 0.255 e. The molecule has 1 saturated heterocycles. The lowest BCUT2D eigenvalue weighted by Crippen LogP contribution is -2.29. The quantitative estimate of drug-likeness (QED) is 0.532. The maximum Gasteiger partial charge on any atom is 0.255 e. The number of nitrogens with zero attached hydrogens (tertiary/aromatic N) is 4. The summed E-state index contributed by atoms with van der Waals surface area (Å²) >= 11 is -1.67. The van der Waals surface area contributed by atoms with Crippen LogP contribution >= 0.6 is 11.1 Å². The van der Waals surface area contributed by atoms with Gasteiger partial charge in [0.1, 0.15) is 5.75 Å². The van der Waals surface area contributed by atoms with Crippen LogP contribution in [0, 0.1) is 0 Å². The number of rotatable bonds is 8. The van der Waals surface area contributed by atoms with Gasteiger partial charge in [-0.25, -0.2) is 0 Å². The number of benzene rings is 1. The van der Waals surface area contributed by atoms with Crippen molar-refractivity contribution in [1.29, 1.82) is 0 Å². The lowest BCUT2D eigenvalue weighted by molar-refractivity contribution is 0.220. The van der Waals surface area contributed by atoms with Crippen LogP contribution in [0.3, 0.4) is 0 Å². The van der Waals surface area contributed by atoms with Gasteiger partial charge < -0.3 is 9.29 Å². The summed E-state index contributed by atoms with van der Waals surface area (Å²) < 4.78 is 24.0. The van der Waals surface area contributed by atoms with Gasteiger partial charge in [0, 0.05) is 28.3 Å². The average Bonchev–Trinajstić information content (AvgIpc) is 2.93. The molecule has 1 aliphatic heterocycles. The molecule has 25 heavy (non-hydrogen) atoms. The Morgan fingerprint density at radius 1 is 1.24 bits per heavy atom. The van der Waals surface area contributed by atoms with Crippen LogP contribution in [0.2, 0.25) is 0 Å². The van der Waals surface area contributed by atoms with Crippen molar-refractivity contribution in [3.8, 4) is 5.75 Å². The molecule has 1 fully saturated rings. The number of piperidine rings is 1. The van der Waals surface area contributed by atoms with Crippen molar-refractivity contribution in [2.24, 2.45) is 0 Å². The predicted octanol–water partition coefficient (Wildman–Crippen LogP) is 2.81. The Kier molecular flexibility index (Phi) is 6.43. The first-order valence-electron chi connectivity index (χ1n) is 8.64. The van der Waals surface area contributed by atoms with Gasteiger partial charge in [0.25, 0.3) is 11.6 Å². The molecule has 0 saturated carbocycles. The Bertz CT molecular complexity index is 673. The van der Waals surface area contributed by atoms with E-state index in [-0.39, 0.29) is 11.6 Å². The number of nitrogens with one attached hydrogen (secondary N) is 1. The van der Waals surface area contributed by atoms with E-state index in [9.17, 15) is 4.55 Å². The number of likely N-dealkylation sites (tertiary alicyclic amines) is 1. The van der Waals surface area contributed by atoms with E-state index in [1.54, 1.807) is 0 Å². The topological polar surface area (TPSA) is 99.2 Å². The lowest BCUT2D eigenvalue weighted by atomic mass is 10.1. The van der Waals surface area contributed by atoms with Crippen LogP contribution in [-0.4, -0.2) is 44.4 Å². The summed E-state index contributed by atoms with van der Waals surface area (Å²) in [6.07, 6.45) is 4.64. The van der Waals surface area contributed by atoms with E-state index in [2.05, 4.69) is 31.1 Å². The zero-order valence-corrected chi connectivity index (χ0v) is 15.0. The Balaban J connectivity index is 1.39. The minimum Gasteiger partial charge on any atom is -0.546 e. The molecule has 0 aliphatic carbocycles. The number of ether oxygens (including phenoxy) is 1. The van der Waals surface area contributed by atoms with Crippen LogP contribution in [0.4, 0.5) is 11.6 Å². The van der Waals surface area contributed by atoms with Crippen LogP contribution in [0.15, 0.2) is 24.3 Å². The SMILES string of the molecule is [NH]c1n[s+]([O-])nc1[N]CCCOc1cccc(CN2CCCCC2)c1. The second-order valence-electron chi connectivity index (χ2n) is 6.15. The highest BCUT2D eigenvalue weighted by atomic mass is 32.2. The van der Waals surface area contributed by atoms with Crippen LogP contribution in [-0.2, 0) is 6.54 Å². The fourth-order valence-electron chi connectivity index (χ4n) is 2.91. The highest BCUT2D eigenvalue weighted by Crippen LogP contribution is 2.21. The van der Waals surface area contributed by atoms with Crippen LogP contribution in [0.5, 0.6) is 5.75 Å². The Hall–Kier alpha value is -1.90. The molecular weight excluding hydrogens is 338 g/mol. The molecule has 1 aromatic heterocycles. The van der Waals surface area contributed by atoms with E-state index < -0.39 is 11.1 Å². The van der Waals surface area contributed by atoms with Gasteiger partial charge in [0.2, 0.25) is 0 Å². The van der Waals surface area contributed by atoms with E-state index in [0.29, 0.717) is 19.6 Å². The molecule has 7 nitrogen and oxygen atoms in total. The predicted molar refractivity (Wildman–Crippen MR) is 95.8 cm³/mol. The molecule has 2 radical (unpaired) electrons. The first-order valence-corrected chi connectivity index (χ1v) is 9.70. The highest BCUT2D eigenvalue weighted by molar-refractivity contribution is 7.14. The van der Waals surface area contributed by atoms with Crippen LogP contribution in [0.25, 0.3) is 0 Å². The van der Waals surface area contributed by atoms with E-state index in [0.717, 1.165) is 12.3 Å². The zero-order chi connectivity index (χ0) is 17.5.